The van der Waals surface area contributed by atoms with Crippen LogP contribution < -0.4 is 0 Å². The summed E-state index contributed by atoms with van der Waals surface area (Å²) in [6.45, 7) is 2.09. The van der Waals surface area contributed by atoms with Crippen molar-refractivity contribution in [3.63, 3.8) is 0 Å². The van der Waals surface area contributed by atoms with Crippen molar-refractivity contribution in [3.05, 3.63) is 48.3 Å². The van der Waals surface area contributed by atoms with Crippen molar-refractivity contribution in [3.8, 4) is 0 Å². The molecule has 0 radical (unpaired) electrons. The number of allylic oxidation sites excluding steroid dienone is 4. The average Bonchev–Trinajstić information content (AvgIpc) is 2.25. The molecule has 0 bridgehead atoms. The molecule has 0 fully saturated rings. The zero-order chi connectivity index (χ0) is 10.2. The second kappa shape index (κ2) is 5.86. The lowest BCUT2D eigenvalue weighted by Crippen LogP contribution is -1.82. The van der Waals surface area contributed by atoms with Gasteiger partial charge >= 0.3 is 0 Å². The molecule has 0 saturated carbocycles. The van der Waals surface area contributed by atoms with Gasteiger partial charge < -0.3 is 5.41 Å². The van der Waals surface area contributed by atoms with Gasteiger partial charge in [-0.25, -0.2) is 0 Å². The maximum atomic E-state index is 7.07. The first kappa shape index (κ1) is 10.4. The molecule has 1 rings (SSSR count). The van der Waals surface area contributed by atoms with Crippen LogP contribution in [0, 0.1) is 5.41 Å². The van der Waals surface area contributed by atoms with Gasteiger partial charge in [-0.05, 0) is 35.8 Å². The summed E-state index contributed by atoms with van der Waals surface area (Å²) in [5.41, 5.74) is 2.14. The Morgan fingerprint density at radius 2 is 2.14 bits per heavy atom. The van der Waals surface area contributed by atoms with Crippen LogP contribution in [-0.2, 0) is 0 Å². The summed E-state index contributed by atoms with van der Waals surface area (Å²) in [7, 11) is 0. The lowest BCUT2D eigenvalue weighted by molar-refractivity contribution is 1.22. The SMILES string of the molecule is CC/C=C\C(=C/C=N)c1ccncc1. The molecule has 72 valence electrons. The predicted molar refractivity (Wildman–Crippen MR) is 60.4 cm³/mol. The van der Waals surface area contributed by atoms with Crippen LogP contribution in [0.2, 0.25) is 0 Å². The van der Waals surface area contributed by atoms with Gasteiger partial charge in [-0.15, -0.1) is 0 Å². The molecule has 1 aromatic heterocycles. The van der Waals surface area contributed by atoms with Crippen molar-refractivity contribution in [1.82, 2.24) is 4.98 Å². The van der Waals surface area contributed by atoms with Gasteiger partial charge in [-0.1, -0.05) is 19.1 Å². The van der Waals surface area contributed by atoms with Gasteiger partial charge in [-0.2, -0.15) is 0 Å². The van der Waals surface area contributed by atoms with Crippen LogP contribution in [0.25, 0.3) is 5.57 Å². The van der Waals surface area contributed by atoms with E-state index in [-0.39, 0.29) is 0 Å². The molecule has 1 N–H and O–H groups in total. The third-order valence-corrected chi connectivity index (χ3v) is 1.81. The molecule has 1 aromatic rings. The first-order valence-electron chi connectivity index (χ1n) is 4.66. The van der Waals surface area contributed by atoms with E-state index in [0.717, 1.165) is 17.6 Å². The highest BCUT2D eigenvalue weighted by molar-refractivity contribution is 5.87. The maximum Gasteiger partial charge on any atom is 0.0273 e. The standard InChI is InChI=1S/C12H14N2/c1-2-3-4-11(5-8-13)12-6-9-14-10-7-12/h3-10,13H,2H2,1H3/b4-3-,11-5+,13-8?. The molecular weight excluding hydrogens is 172 g/mol. The predicted octanol–water partition coefficient (Wildman–Crippen LogP) is 3.08. The van der Waals surface area contributed by atoms with Crippen molar-refractivity contribution < 1.29 is 0 Å². The summed E-state index contributed by atoms with van der Waals surface area (Å²) < 4.78 is 0. The molecule has 1 heterocycles. The van der Waals surface area contributed by atoms with Gasteiger partial charge in [0.15, 0.2) is 0 Å². The molecule has 0 amide bonds. The minimum absolute atomic E-state index is 1.00. The molecule has 0 saturated heterocycles. The summed E-state index contributed by atoms with van der Waals surface area (Å²) in [4.78, 5) is 3.96. The third-order valence-electron chi connectivity index (χ3n) is 1.81. The largest absolute Gasteiger partial charge is 0.309 e. The van der Waals surface area contributed by atoms with Crippen LogP contribution in [0.15, 0.2) is 42.8 Å². The van der Waals surface area contributed by atoms with Gasteiger partial charge in [0.25, 0.3) is 0 Å². The summed E-state index contributed by atoms with van der Waals surface area (Å²) in [5, 5.41) is 7.07. The van der Waals surface area contributed by atoms with E-state index in [4.69, 9.17) is 5.41 Å². The summed E-state index contributed by atoms with van der Waals surface area (Å²) in [6.07, 6.45) is 11.7. The molecular formula is C12H14N2. The van der Waals surface area contributed by atoms with Crippen LogP contribution in [0.5, 0.6) is 0 Å². The van der Waals surface area contributed by atoms with E-state index >= 15 is 0 Å². The second-order valence-corrected chi connectivity index (χ2v) is 2.84. The zero-order valence-corrected chi connectivity index (χ0v) is 8.27. The normalized spacial score (nSPS) is 11.9. The van der Waals surface area contributed by atoms with Crippen LogP contribution >= 0.6 is 0 Å². The maximum absolute atomic E-state index is 7.07. The Balaban J connectivity index is 2.95. The minimum atomic E-state index is 1.00. The number of rotatable bonds is 4. The lowest BCUT2D eigenvalue weighted by Gasteiger charge is -1.99. The van der Waals surface area contributed by atoms with E-state index in [1.165, 1.54) is 6.21 Å². The van der Waals surface area contributed by atoms with Crippen LogP contribution in [0.4, 0.5) is 0 Å². The smallest absolute Gasteiger partial charge is 0.0273 e. The van der Waals surface area contributed by atoms with E-state index < -0.39 is 0 Å². The Labute approximate surface area is 84.5 Å². The molecule has 14 heavy (non-hydrogen) atoms. The Bertz CT molecular complexity index is 337. The minimum Gasteiger partial charge on any atom is -0.309 e. The third kappa shape index (κ3) is 2.98. The first-order valence-corrected chi connectivity index (χ1v) is 4.66. The highest BCUT2D eigenvalue weighted by Gasteiger charge is 1.94. The molecule has 0 atom stereocenters. The van der Waals surface area contributed by atoms with Crippen LogP contribution in [0.3, 0.4) is 0 Å². The van der Waals surface area contributed by atoms with E-state index in [1.54, 1.807) is 18.5 Å². The molecule has 0 aliphatic heterocycles. The molecule has 0 aliphatic rings. The molecule has 0 unspecified atom stereocenters. The fourth-order valence-corrected chi connectivity index (χ4v) is 1.13. The van der Waals surface area contributed by atoms with Crippen molar-refractivity contribution >= 4 is 11.8 Å². The Morgan fingerprint density at radius 1 is 1.43 bits per heavy atom. The van der Waals surface area contributed by atoms with Gasteiger partial charge in [0.2, 0.25) is 0 Å². The van der Waals surface area contributed by atoms with Gasteiger partial charge in [0, 0.05) is 18.6 Å². The van der Waals surface area contributed by atoms with Crippen molar-refractivity contribution in [2.24, 2.45) is 0 Å². The summed E-state index contributed by atoms with van der Waals surface area (Å²) in [6, 6.07) is 3.88. The van der Waals surface area contributed by atoms with Crippen molar-refractivity contribution in [2.45, 2.75) is 13.3 Å². The van der Waals surface area contributed by atoms with Crippen molar-refractivity contribution in [2.75, 3.05) is 0 Å². The number of hydrogen-bond acceptors (Lipinski definition) is 2. The van der Waals surface area contributed by atoms with Crippen molar-refractivity contribution in [1.29, 1.82) is 5.41 Å². The van der Waals surface area contributed by atoms with E-state index in [1.807, 2.05) is 18.2 Å². The number of pyridine rings is 1. The summed E-state index contributed by atoms with van der Waals surface area (Å²) in [5.74, 6) is 0. The number of aromatic nitrogens is 1. The Hall–Kier alpha value is -1.70. The second-order valence-electron chi connectivity index (χ2n) is 2.84. The fourth-order valence-electron chi connectivity index (χ4n) is 1.13. The molecule has 2 nitrogen and oxygen atoms in total. The first-order chi connectivity index (χ1) is 6.88. The Morgan fingerprint density at radius 3 is 2.71 bits per heavy atom. The van der Waals surface area contributed by atoms with Crippen LogP contribution in [-0.4, -0.2) is 11.2 Å². The molecule has 2 heteroatoms. The van der Waals surface area contributed by atoms with Gasteiger partial charge in [-0.3, -0.25) is 4.98 Å². The lowest BCUT2D eigenvalue weighted by atomic mass is 10.1. The number of nitrogens with one attached hydrogen (secondary N) is 1. The molecule has 0 spiro atoms. The summed E-state index contributed by atoms with van der Waals surface area (Å²) >= 11 is 0. The fraction of sp³-hybridized carbons (Fsp3) is 0.167. The highest BCUT2D eigenvalue weighted by Crippen LogP contribution is 2.14. The molecule has 0 aliphatic carbocycles. The van der Waals surface area contributed by atoms with E-state index in [0.29, 0.717) is 0 Å². The molecule has 0 aromatic carbocycles. The van der Waals surface area contributed by atoms with Gasteiger partial charge in [0.05, 0.1) is 0 Å². The average molecular weight is 186 g/mol. The monoisotopic (exact) mass is 186 g/mol. The number of nitrogens with zero attached hydrogens (tertiary/aromatic N) is 1. The topological polar surface area (TPSA) is 36.7 Å². The van der Waals surface area contributed by atoms with E-state index in [2.05, 4.69) is 18.0 Å². The quantitative estimate of drug-likeness (QED) is 0.569. The highest BCUT2D eigenvalue weighted by atomic mass is 14.6. The number of hydrogen-bond donors (Lipinski definition) is 1. The Kier molecular flexibility index (Phi) is 4.35. The van der Waals surface area contributed by atoms with Crippen LogP contribution in [0.1, 0.15) is 18.9 Å². The van der Waals surface area contributed by atoms with Gasteiger partial charge in [0.1, 0.15) is 0 Å². The zero-order valence-electron chi connectivity index (χ0n) is 8.27. The van der Waals surface area contributed by atoms with E-state index in [9.17, 15) is 0 Å².